The second kappa shape index (κ2) is 8.57. The standard InChI is InChI=1S/C20H19N5O2/c1-14(26)24-16-6-8-17(9-7-16)25-20(27)15-5-10-19(22-12-15)23-13-18-4-2-3-11-21-18/h2-12H,13H2,1H3,(H,22,23)(H,24,26)(H,25,27). The van der Waals surface area contributed by atoms with Crippen LogP contribution in [0.25, 0.3) is 0 Å². The van der Waals surface area contributed by atoms with Gasteiger partial charge in [0.1, 0.15) is 5.82 Å². The third kappa shape index (κ3) is 5.37. The molecule has 0 aliphatic rings. The molecule has 136 valence electrons. The van der Waals surface area contributed by atoms with Gasteiger partial charge in [-0.05, 0) is 48.5 Å². The Hall–Kier alpha value is -3.74. The topological polar surface area (TPSA) is 96.0 Å². The van der Waals surface area contributed by atoms with Crippen LogP contribution in [-0.4, -0.2) is 21.8 Å². The Balaban J connectivity index is 1.56. The van der Waals surface area contributed by atoms with E-state index in [-0.39, 0.29) is 11.8 Å². The monoisotopic (exact) mass is 361 g/mol. The molecule has 3 rings (SSSR count). The average Bonchev–Trinajstić information content (AvgIpc) is 2.69. The van der Waals surface area contributed by atoms with E-state index in [0.717, 1.165) is 5.69 Å². The summed E-state index contributed by atoms with van der Waals surface area (Å²) in [5.41, 5.74) is 2.66. The molecule has 0 aliphatic heterocycles. The number of benzene rings is 1. The smallest absolute Gasteiger partial charge is 0.257 e. The molecule has 7 nitrogen and oxygen atoms in total. The molecule has 7 heteroatoms. The van der Waals surface area contributed by atoms with Crippen LogP contribution in [0.2, 0.25) is 0 Å². The summed E-state index contributed by atoms with van der Waals surface area (Å²) in [6.07, 6.45) is 3.25. The fourth-order valence-electron chi connectivity index (χ4n) is 2.36. The molecule has 0 aliphatic carbocycles. The molecule has 0 spiro atoms. The van der Waals surface area contributed by atoms with E-state index in [1.54, 1.807) is 42.6 Å². The first kappa shape index (κ1) is 18.1. The van der Waals surface area contributed by atoms with Gasteiger partial charge in [0.05, 0.1) is 17.8 Å². The van der Waals surface area contributed by atoms with Crippen molar-refractivity contribution in [3.63, 3.8) is 0 Å². The Kier molecular flexibility index (Phi) is 5.73. The summed E-state index contributed by atoms with van der Waals surface area (Å²) in [6, 6.07) is 16.0. The molecular weight excluding hydrogens is 342 g/mol. The van der Waals surface area contributed by atoms with Crippen molar-refractivity contribution in [3.05, 3.63) is 78.2 Å². The maximum Gasteiger partial charge on any atom is 0.257 e. The predicted molar refractivity (Wildman–Crippen MR) is 104 cm³/mol. The Morgan fingerprint density at radius 2 is 1.63 bits per heavy atom. The first-order chi connectivity index (χ1) is 13.1. The first-order valence-electron chi connectivity index (χ1n) is 8.39. The van der Waals surface area contributed by atoms with Crippen molar-refractivity contribution in [2.75, 3.05) is 16.0 Å². The third-order valence-electron chi connectivity index (χ3n) is 3.67. The molecule has 0 unspecified atom stereocenters. The lowest BCUT2D eigenvalue weighted by Gasteiger charge is -2.08. The Morgan fingerprint density at radius 3 is 2.22 bits per heavy atom. The minimum atomic E-state index is -0.258. The Bertz CT molecular complexity index is 909. The van der Waals surface area contributed by atoms with Gasteiger partial charge >= 0.3 is 0 Å². The van der Waals surface area contributed by atoms with Gasteiger partial charge in [-0.1, -0.05) is 6.07 Å². The zero-order chi connectivity index (χ0) is 19.1. The lowest BCUT2D eigenvalue weighted by atomic mass is 10.2. The van der Waals surface area contributed by atoms with Crippen molar-refractivity contribution < 1.29 is 9.59 Å². The molecule has 27 heavy (non-hydrogen) atoms. The largest absolute Gasteiger partial charge is 0.364 e. The molecule has 0 fully saturated rings. The van der Waals surface area contributed by atoms with E-state index in [4.69, 9.17) is 0 Å². The highest BCUT2D eigenvalue weighted by Crippen LogP contribution is 2.15. The molecule has 2 heterocycles. The fraction of sp³-hybridized carbons (Fsp3) is 0.100. The second-order valence-corrected chi connectivity index (χ2v) is 5.82. The second-order valence-electron chi connectivity index (χ2n) is 5.82. The molecule has 2 aromatic heterocycles. The Morgan fingerprint density at radius 1 is 0.889 bits per heavy atom. The van der Waals surface area contributed by atoms with E-state index in [2.05, 4.69) is 25.9 Å². The van der Waals surface area contributed by atoms with Gasteiger partial charge in [0, 0.05) is 30.7 Å². The van der Waals surface area contributed by atoms with E-state index in [1.165, 1.54) is 13.1 Å². The maximum absolute atomic E-state index is 12.3. The minimum Gasteiger partial charge on any atom is -0.364 e. The van der Waals surface area contributed by atoms with Gasteiger partial charge < -0.3 is 16.0 Å². The molecular formula is C20H19N5O2. The highest BCUT2D eigenvalue weighted by atomic mass is 16.2. The van der Waals surface area contributed by atoms with Crippen LogP contribution >= 0.6 is 0 Å². The highest BCUT2D eigenvalue weighted by Gasteiger charge is 2.07. The highest BCUT2D eigenvalue weighted by molar-refractivity contribution is 6.04. The van der Waals surface area contributed by atoms with Gasteiger partial charge in [-0.3, -0.25) is 14.6 Å². The summed E-state index contributed by atoms with van der Waals surface area (Å²) in [4.78, 5) is 31.8. The number of carbonyl (C=O) groups excluding carboxylic acids is 2. The van der Waals surface area contributed by atoms with E-state index in [1.807, 2.05) is 18.2 Å². The zero-order valence-electron chi connectivity index (χ0n) is 14.8. The van der Waals surface area contributed by atoms with Crippen LogP contribution in [-0.2, 0) is 11.3 Å². The normalized spacial score (nSPS) is 10.1. The van der Waals surface area contributed by atoms with Crippen molar-refractivity contribution >= 4 is 29.0 Å². The number of hydrogen-bond donors (Lipinski definition) is 3. The molecule has 0 saturated carbocycles. The van der Waals surface area contributed by atoms with E-state index >= 15 is 0 Å². The molecule has 3 aromatic rings. The number of amides is 2. The summed E-state index contributed by atoms with van der Waals surface area (Å²) < 4.78 is 0. The molecule has 0 atom stereocenters. The van der Waals surface area contributed by atoms with Crippen LogP contribution in [0.1, 0.15) is 23.0 Å². The quantitative estimate of drug-likeness (QED) is 0.626. The molecule has 2 amide bonds. The minimum absolute atomic E-state index is 0.144. The number of nitrogens with zero attached hydrogens (tertiary/aromatic N) is 2. The molecule has 1 aromatic carbocycles. The van der Waals surface area contributed by atoms with Crippen molar-refractivity contribution in [2.45, 2.75) is 13.5 Å². The van der Waals surface area contributed by atoms with Gasteiger partial charge in [0.25, 0.3) is 5.91 Å². The summed E-state index contributed by atoms with van der Waals surface area (Å²) >= 11 is 0. The summed E-state index contributed by atoms with van der Waals surface area (Å²) in [6.45, 7) is 2.00. The molecule has 0 bridgehead atoms. The van der Waals surface area contributed by atoms with Crippen LogP contribution in [0.5, 0.6) is 0 Å². The van der Waals surface area contributed by atoms with E-state index < -0.39 is 0 Å². The van der Waals surface area contributed by atoms with Crippen LogP contribution in [0.15, 0.2) is 67.0 Å². The van der Waals surface area contributed by atoms with Gasteiger partial charge in [-0.2, -0.15) is 0 Å². The summed E-state index contributed by atoms with van der Waals surface area (Å²) in [7, 11) is 0. The number of aromatic nitrogens is 2. The first-order valence-corrected chi connectivity index (χ1v) is 8.39. The van der Waals surface area contributed by atoms with Gasteiger partial charge in [-0.25, -0.2) is 4.98 Å². The maximum atomic E-state index is 12.3. The van der Waals surface area contributed by atoms with Crippen molar-refractivity contribution in [1.29, 1.82) is 0 Å². The average molecular weight is 361 g/mol. The summed E-state index contributed by atoms with van der Waals surface area (Å²) in [5, 5.41) is 8.63. The fourth-order valence-corrected chi connectivity index (χ4v) is 2.36. The number of carbonyl (C=O) groups is 2. The lowest BCUT2D eigenvalue weighted by molar-refractivity contribution is -0.114. The lowest BCUT2D eigenvalue weighted by Crippen LogP contribution is -2.13. The Labute approximate surface area is 156 Å². The number of anilines is 3. The van der Waals surface area contributed by atoms with Gasteiger partial charge in [0.2, 0.25) is 5.91 Å². The summed E-state index contributed by atoms with van der Waals surface area (Å²) in [5.74, 6) is 0.262. The SMILES string of the molecule is CC(=O)Nc1ccc(NC(=O)c2ccc(NCc3ccccn3)nc2)cc1. The van der Waals surface area contributed by atoms with Gasteiger partial charge in [-0.15, -0.1) is 0 Å². The molecule has 3 N–H and O–H groups in total. The van der Waals surface area contributed by atoms with E-state index in [9.17, 15) is 9.59 Å². The van der Waals surface area contributed by atoms with Crippen LogP contribution in [0.3, 0.4) is 0 Å². The van der Waals surface area contributed by atoms with Crippen molar-refractivity contribution in [3.8, 4) is 0 Å². The van der Waals surface area contributed by atoms with Crippen LogP contribution < -0.4 is 16.0 Å². The molecule has 0 saturated heterocycles. The number of nitrogens with one attached hydrogen (secondary N) is 3. The van der Waals surface area contributed by atoms with Crippen molar-refractivity contribution in [1.82, 2.24) is 9.97 Å². The zero-order valence-corrected chi connectivity index (χ0v) is 14.8. The molecule has 0 radical (unpaired) electrons. The van der Waals surface area contributed by atoms with Crippen LogP contribution in [0.4, 0.5) is 17.2 Å². The van der Waals surface area contributed by atoms with Crippen LogP contribution in [0, 0.1) is 0 Å². The third-order valence-corrected chi connectivity index (χ3v) is 3.67. The van der Waals surface area contributed by atoms with E-state index in [0.29, 0.717) is 29.3 Å². The number of pyridine rings is 2. The predicted octanol–water partition coefficient (Wildman–Crippen LogP) is 3.30. The van der Waals surface area contributed by atoms with Gasteiger partial charge in [0.15, 0.2) is 0 Å². The van der Waals surface area contributed by atoms with Crippen molar-refractivity contribution in [2.24, 2.45) is 0 Å². The number of rotatable bonds is 6. The number of hydrogen-bond acceptors (Lipinski definition) is 5.